The quantitative estimate of drug-likeness (QED) is 0.0450. The van der Waals surface area contributed by atoms with Crippen LogP contribution in [0, 0.1) is 28.4 Å². The van der Waals surface area contributed by atoms with Gasteiger partial charge in [-0.1, -0.05) is 68.2 Å². The second-order valence-electron chi connectivity index (χ2n) is 16.7. The minimum Gasteiger partial charge on any atom is -0.466 e. The zero-order valence-electron chi connectivity index (χ0n) is 40.0. The predicted molar refractivity (Wildman–Crippen MR) is 269 cm³/mol. The summed E-state index contributed by atoms with van der Waals surface area (Å²) >= 11 is 4.97. The van der Waals surface area contributed by atoms with Crippen molar-refractivity contribution in [2.45, 2.75) is 176 Å². The van der Waals surface area contributed by atoms with E-state index in [9.17, 15) is 9.59 Å². The van der Waals surface area contributed by atoms with Crippen LogP contribution < -0.4 is 0 Å². The summed E-state index contributed by atoms with van der Waals surface area (Å²) in [6.07, 6.45) is 50.0. The number of hydrogen-bond donors (Lipinski definition) is 4. The van der Waals surface area contributed by atoms with E-state index in [1.54, 1.807) is 13.3 Å². The molecule has 2 aromatic rings. The Morgan fingerprint density at radius 3 is 1.54 bits per heavy atom. The molecule has 2 heterocycles. The third-order valence-electron chi connectivity index (χ3n) is 11.2. The summed E-state index contributed by atoms with van der Waals surface area (Å²) in [4.78, 5) is 34.4. The summed E-state index contributed by atoms with van der Waals surface area (Å²) < 4.78 is 21.4. The van der Waals surface area contributed by atoms with Crippen molar-refractivity contribution in [1.82, 2.24) is 19.9 Å². The average Bonchev–Trinajstić information content (AvgIpc) is 3.98. The number of ether oxygens (including phenoxy) is 4. The number of aromatic amines is 3. The van der Waals surface area contributed by atoms with Gasteiger partial charge < -0.3 is 43.8 Å². The number of nitrogens with zero attached hydrogens (tertiary/aromatic N) is 1. The minimum atomic E-state index is -0.849. The monoisotopic (exact) mass is 925 g/mol. The van der Waals surface area contributed by atoms with Gasteiger partial charge >= 0.3 is 5.97 Å². The number of carbonyl (C=O) groups is 2. The summed E-state index contributed by atoms with van der Waals surface area (Å²) in [6, 6.07) is 0. The van der Waals surface area contributed by atoms with E-state index in [0.717, 1.165) is 61.9 Å². The number of carbonyl (C=O) groups excluding carboxylic acids is 2. The molecule has 5 aliphatic carbocycles. The molecule has 2 aromatic heterocycles. The summed E-state index contributed by atoms with van der Waals surface area (Å²) in [5.41, 5.74) is 2.48. The molecule has 4 N–H and O–H groups in total. The van der Waals surface area contributed by atoms with Crippen LogP contribution >= 0.6 is 12.2 Å². The van der Waals surface area contributed by atoms with Crippen molar-refractivity contribution in [3.05, 3.63) is 95.6 Å². The lowest BCUT2D eigenvalue weighted by atomic mass is 9.92. The first-order valence-corrected chi connectivity index (χ1v) is 24.8. The third kappa shape index (κ3) is 30.3. The second kappa shape index (κ2) is 38.4. The molecular weight excluding hydrogens is 837 g/mol. The zero-order valence-corrected chi connectivity index (χ0v) is 40.8. The van der Waals surface area contributed by atoms with Crippen LogP contribution in [0.2, 0.25) is 0 Å². The standard InChI is InChI=1S/C10H14N2S.C10H14N2.C10H16O2.C8H18O3.C8H12O.C6H10O.CH4/c13-10-11-7-9(12-10)6-8-4-2-1-3-5-8;1-2-4-9(5-3-1)6-10-7-11-8-12-10;1-2-12-10(11)8-9-6-4-3-5-7-9;1-5-9-8(4,10-6-2)11-7-3;9-7-6-8-4-2-1-3-5-8;7-6-4-2-1-3-5-6;/h2,4,7-8H,1,3,5-6H2,(H2,11,12,13);2,4,7-9H,1,3,5-6H2,(H,11,12);4,6,9H,2-3,5,7-8H2,1H3;5-7H2,1-4H3;2,4,7-8H,1,3,5-6H2;2,4,6-7H,1,3,5H2;1H4. The van der Waals surface area contributed by atoms with Crippen LogP contribution in [-0.4, -0.2) is 75.8 Å². The molecule has 0 saturated carbocycles. The van der Waals surface area contributed by atoms with E-state index in [0.29, 0.717) is 50.6 Å². The number of H-pyrrole nitrogens is 3. The number of aromatic nitrogens is 4. The molecule has 12 heteroatoms. The first-order valence-electron chi connectivity index (χ1n) is 24.4. The molecule has 0 spiro atoms. The van der Waals surface area contributed by atoms with Gasteiger partial charge in [0.1, 0.15) is 6.29 Å². The maximum absolute atomic E-state index is 11.1. The maximum Gasteiger partial charge on any atom is 0.306 e. The number of aliphatic hydroxyl groups excluding tert-OH is 1. The molecule has 0 radical (unpaired) electrons. The van der Waals surface area contributed by atoms with Crippen LogP contribution in [0.4, 0.5) is 0 Å². The molecule has 11 nitrogen and oxygen atoms in total. The van der Waals surface area contributed by atoms with Crippen molar-refractivity contribution in [3.8, 4) is 0 Å². The van der Waals surface area contributed by atoms with Crippen LogP contribution in [0.15, 0.2) is 79.5 Å². The lowest BCUT2D eigenvalue weighted by molar-refractivity contribution is -0.365. The van der Waals surface area contributed by atoms with Crippen molar-refractivity contribution in [3.63, 3.8) is 0 Å². The Hall–Kier alpha value is -3.68. The van der Waals surface area contributed by atoms with Crippen molar-refractivity contribution >= 4 is 24.5 Å². The largest absolute Gasteiger partial charge is 0.466 e. The molecule has 0 aliphatic heterocycles. The lowest BCUT2D eigenvalue weighted by Crippen LogP contribution is -2.35. The fourth-order valence-electron chi connectivity index (χ4n) is 7.94. The smallest absolute Gasteiger partial charge is 0.306 e. The highest BCUT2D eigenvalue weighted by Gasteiger charge is 2.24. The Labute approximate surface area is 398 Å². The van der Waals surface area contributed by atoms with Crippen LogP contribution in [-0.2, 0) is 41.4 Å². The molecule has 65 heavy (non-hydrogen) atoms. The maximum atomic E-state index is 11.1. The highest BCUT2D eigenvalue weighted by atomic mass is 32.1. The van der Waals surface area contributed by atoms with E-state index in [-0.39, 0.29) is 19.5 Å². The van der Waals surface area contributed by atoms with E-state index in [1.165, 1.54) is 82.0 Å². The van der Waals surface area contributed by atoms with Crippen LogP contribution in [0.3, 0.4) is 0 Å². The number of allylic oxidation sites excluding steroid dienone is 9. The number of rotatable bonds is 15. The van der Waals surface area contributed by atoms with Gasteiger partial charge in [0.2, 0.25) is 0 Å². The van der Waals surface area contributed by atoms with Gasteiger partial charge in [-0.15, -0.1) is 0 Å². The number of esters is 1. The number of aliphatic hydroxyl groups is 1. The Morgan fingerprint density at radius 2 is 1.18 bits per heavy atom. The summed E-state index contributed by atoms with van der Waals surface area (Å²) in [6.45, 7) is 11.6. The number of aldehydes is 1. The molecule has 0 bridgehead atoms. The SMILES string of the molecule is C.C1=CC(Cc2cnc[nH]2)CCC1.CCOC(=O)CC1C=CCCC1.CCOC(C)(OCC)OCC.O=CCC1C=CCCC1.OC1C=CCCC1.S=c1[nH]cc(CC2C=CCCC2)[nH]1. The Bertz CT molecular complexity index is 1650. The zero-order chi connectivity index (χ0) is 46.5. The van der Waals surface area contributed by atoms with Gasteiger partial charge in [-0.3, -0.25) is 4.79 Å². The summed E-state index contributed by atoms with van der Waals surface area (Å²) in [5, 5.41) is 8.82. The highest BCUT2D eigenvalue weighted by molar-refractivity contribution is 7.71. The van der Waals surface area contributed by atoms with E-state index in [2.05, 4.69) is 68.5 Å². The van der Waals surface area contributed by atoms with Crippen LogP contribution in [0.5, 0.6) is 0 Å². The van der Waals surface area contributed by atoms with Gasteiger partial charge in [0.15, 0.2) is 4.77 Å². The molecule has 5 atom stereocenters. The Balaban J connectivity index is 0.000000392. The fourth-order valence-corrected chi connectivity index (χ4v) is 8.13. The number of imidazole rings is 2. The molecule has 368 valence electrons. The first kappa shape index (κ1) is 59.3. The van der Waals surface area contributed by atoms with Gasteiger partial charge in [0, 0.05) is 56.9 Å². The Morgan fingerprint density at radius 1 is 0.708 bits per heavy atom. The molecule has 5 aliphatic rings. The van der Waals surface area contributed by atoms with E-state index < -0.39 is 5.97 Å². The van der Waals surface area contributed by atoms with E-state index in [1.807, 2.05) is 52.2 Å². The second-order valence-corrected chi connectivity index (χ2v) is 17.1. The average molecular weight is 925 g/mol. The van der Waals surface area contributed by atoms with E-state index >= 15 is 0 Å². The molecule has 0 fully saturated rings. The molecule has 5 unspecified atom stereocenters. The molecule has 0 aromatic carbocycles. The third-order valence-corrected chi connectivity index (χ3v) is 11.4. The minimum absolute atomic E-state index is 0. The molecule has 0 saturated heterocycles. The summed E-state index contributed by atoms with van der Waals surface area (Å²) in [7, 11) is 0. The van der Waals surface area contributed by atoms with Crippen molar-refractivity contribution in [1.29, 1.82) is 0 Å². The highest BCUT2D eigenvalue weighted by Crippen LogP contribution is 2.23. The fraction of sp³-hybridized carbons (Fsp3) is 0.660. The van der Waals surface area contributed by atoms with Crippen molar-refractivity contribution in [2.24, 2.45) is 23.7 Å². The topological polar surface area (TPSA) is 152 Å². The summed E-state index contributed by atoms with van der Waals surface area (Å²) in [5.74, 6) is 1.51. The molecule has 0 amide bonds. The van der Waals surface area contributed by atoms with Gasteiger partial charge in [-0.2, -0.15) is 0 Å². The van der Waals surface area contributed by atoms with Gasteiger partial charge in [-0.25, -0.2) is 4.98 Å². The van der Waals surface area contributed by atoms with Gasteiger partial charge in [0.25, 0.3) is 5.97 Å². The van der Waals surface area contributed by atoms with Crippen LogP contribution in [0.25, 0.3) is 0 Å². The molecule has 7 rings (SSSR count). The van der Waals surface area contributed by atoms with Crippen LogP contribution in [0.1, 0.15) is 163 Å². The van der Waals surface area contributed by atoms with Gasteiger partial charge in [-0.05, 0) is 173 Å². The van der Waals surface area contributed by atoms with E-state index in [4.69, 9.17) is 36.3 Å². The number of nitrogens with one attached hydrogen (secondary N) is 3. The Kier molecular flexibility index (Phi) is 35.1. The normalized spacial score (nSPS) is 21.7. The molecular formula is C53H88N4O7S. The van der Waals surface area contributed by atoms with Crippen molar-refractivity contribution in [2.75, 3.05) is 26.4 Å². The van der Waals surface area contributed by atoms with Crippen molar-refractivity contribution < 1.29 is 33.6 Å². The number of hydrogen-bond acceptors (Lipinski definition) is 9. The lowest BCUT2D eigenvalue weighted by Gasteiger charge is -2.27. The predicted octanol–water partition coefficient (Wildman–Crippen LogP) is 13.0. The first-order chi connectivity index (χ1) is 31.1. The van der Waals surface area contributed by atoms with Gasteiger partial charge in [0.05, 0.1) is 25.5 Å².